The third-order valence-electron chi connectivity index (χ3n) is 5.28. The molecule has 142 valence electrons. The highest BCUT2D eigenvalue weighted by molar-refractivity contribution is 6.07. The molecule has 5 nitrogen and oxygen atoms in total. The number of hydrogen-bond acceptors (Lipinski definition) is 3. The van der Waals surface area contributed by atoms with E-state index in [0.717, 1.165) is 21.9 Å². The van der Waals surface area contributed by atoms with Crippen molar-refractivity contribution in [3.63, 3.8) is 0 Å². The average Bonchev–Trinajstić information content (AvgIpc) is 2.92. The van der Waals surface area contributed by atoms with Crippen molar-refractivity contribution in [1.29, 1.82) is 0 Å². The molecule has 0 aromatic heterocycles. The van der Waals surface area contributed by atoms with E-state index in [1.807, 2.05) is 84.7 Å². The first-order valence-corrected chi connectivity index (χ1v) is 9.33. The Hall–Kier alpha value is -3.18. The van der Waals surface area contributed by atoms with Crippen LogP contribution in [0.15, 0.2) is 72.8 Å². The van der Waals surface area contributed by atoms with E-state index < -0.39 is 5.54 Å². The largest absolute Gasteiger partial charge is 0.326 e. The predicted molar refractivity (Wildman–Crippen MR) is 109 cm³/mol. The van der Waals surface area contributed by atoms with Crippen molar-refractivity contribution >= 4 is 22.7 Å². The fraction of sp³-hybridized carbons (Fsp3) is 0.217. The summed E-state index contributed by atoms with van der Waals surface area (Å²) in [4.78, 5) is 29.0. The molecule has 0 saturated carbocycles. The minimum absolute atomic E-state index is 0.229. The number of hydrogen-bond donors (Lipinski definition) is 1. The van der Waals surface area contributed by atoms with Gasteiger partial charge in [-0.1, -0.05) is 66.7 Å². The SMILES string of the molecule is CN(Cc1ccccc1)CN1C(=O)N[C@](C)(c2ccc3ccccc3c2)C1=O. The van der Waals surface area contributed by atoms with Gasteiger partial charge in [0.2, 0.25) is 0 Å². The lowest BCUT2D eigenvalue weighted by atomic mass is 9.90. The molecular weight excluding hydrogens is 350 g/mol. The summed E-state index contributed by atoms with van der Waals surface area (Å²) in [6.07, 6.45) is 0. The summed E-state index contributed by atoms with van der Waals surface area (Å²) < 4.78 is 0. The Morgan fingerprint density at radius 1 is 0.929 bits per heavy atom. The molecule has 0 aliphatic carbocycles. The maximum atomic E-state index is 13.2. The summed E-state index contributed by atoms with van der Waals surface area (Å²) in [6, 6.07) is 23.5. The molecule has 3 aromatic rings. The molecule has 0 spiro atoms. The van der Waals surface area contributed by atoms with Crippen LogP contribution in [0.1, 0.15) is 18.1 Å². The summed E-state index contributed by atoms with van der Waals surface area (Å²) in [5, 5.41) is 5.04. The van der Waals surface area contributed by atoms with Gasteiger partial charge in [-0.25, -0.2) is 9.69 Å². The van der Waals surface area contributed by atoms with Crippen LogP contribution in [-0.4, -0.2) is 35.5 Å². The Balaban J connectivity index is 1.55. The van der Waals surface area contributed by atoms with Gasteiger partial charge in [-0.2, -0.15) is 0 Å². The molecule has 4 rings (SSSR count). The van der Waals surface area contributed by atoms with Gasteiger partial charge in [0.1, 0.15) is 5.54 Å². The van der Waals surface area contributed by atoms with Crippen LogP contribution in [-0.2, 0) is 16.9 Å². The Morgan fingerprint density at radius 2 is 1.61 bits per heavy atom. The monoisotopic (exact) mass is 373 g/mol. The van der Waals surface area contributed by atoms with Crippen molar-refractivity contribution < 1.29 is 9.59 Å². The zero-order valence-electron chi connectivity index (χ0n) is 16.1. The van der Waals surface area contributed by atoms with Crippen molar-refractivity contribution in [3.05, 3.63) is 83.9 Å². The number of benzene rings is 3. The molecule has 1 N–H and O–H groups in total. The number of imide groups is 1. The Morgan fingerprint density at radius 3 is 2.36 bits per heavy atom. The van der Waals surface area contributed by atoms with Gasteiger partial charge < -0.3 is 5.32 Å². The lowest BCUT2D eigenvalue weighted by molar-refractivity contribution is -0.132. The number of amides is 3. The molecule has 0 unspecified atom stereocenters. The van der Waals surface area contributed by atoms with Crippen LogP contribution in [0.25, 0.3) is 10.8 Å². The van der Waals surface area contributed by atoms with E-state index in [0.29, 0.717) is 6.54 Å². The van der Waals surface area contributed by atoms with Crippen molar-refractivity contribution in [2.45, 2.75) is 19.0 Å². The van der Waals surface area contributed by atoms with Gasteiger partial charge in [0.25, 0.3) is 5.91 Å². The second-order valence-corrected chi connectivity index (χ2v) is 7.49. The number of nitrogens with one attached hydrogen (secondary N) is 1. The van der Waals surface area contributed by atoms with Crippen LogP contribution in [0.2, 0.25) is 0 Å². The second-order valence-electron chi connectivity index (χ2n) is 7.49. The average molecular weight is 373 g/mol. The molecule has 1 saturated heterocycles. The first kappa shape index (κ1) is 18.2. The van der Waals surface area contributed by atoms with Crippen LogP contribution >= 0.6 is 0 Å². The van der Waals surface area contributed by atoms with Gasteiger partial charge in [0.05, 0.1) is 6.67 Å². The van der Waals surface area contributed by atoms with E-state index >= 15 is 0 Å². The molecule has 1 fully saturated rings. The smallest absolute Gasteiger partial charge is 0.319 e. The predicted octanol–water partition coefficient (Wildman–Crippen LogP) is 3.70. The zero-order chi connectivity index (χ0) is 19.7. The van der Waals surface area contributed by atoms with E-state index in [4.69, 9.17) is 0 Å². The maximum absolute atomic E-state index is 13.2. The van der Waals surface area contributed by atoms with Gasteiger partial charge in [0.15, 0.2) is 0 Å². The van der Waals surface area contributed by atoms with Crippen molar-refractivity contribution in [3.8, 4) is 0 Å². The summed E-state index contributed by atoms with van der Waals surface area (Å²) >= 11 is 0. The molecule has 0 bridgehead atoms. The summed E-state index contributed by atoms with van der Waals surface area (Å²) in [5.74, 6) is -0.229. The molecule has 1 heterocycles. The minimum Gasteiger partial charge on any atom is -0.319 e. The highest BCUT2D eigenvalue weighted by atomic mass is 16.2. The van der Waals surface area contributed by atoms with Crippen LogP contribution in [0.5, 0.6) is 0 Å². The molecule has 1 aliphatic heterocycles. The highest BCUT2D eigenvalue weighted by Gasteiger charge is 2.49. The van der Waals surface area contributed by atoms with Gasteiger partial charge >= 0.3 is 6.03 Å². The number of fused-ring (bicyclic) bond motifs is 1. The van der Waals surface area contributed by atoms with Gasteiger partial charge in [-0.05, 0) is 41.9 Å². The zero-order valence-corrected chi connectivity index (χ0v) is 16.1. The fourth-order valence-corrected chi connectivity index (χ4v) is 3.71. The molecule has 1 atom stereocenters. The first-order chi connectivity index (χ1) is 13.5. The lowest BCUT2D eigenvalue weighted by Crippen LogP contribution is -2.42. The van der Waals surface area contributed by atoms with E-state index in [-0.39, 0.29) is 18.6 Å². The maximum Gasteiger partial charge on any atom is 0.326 e. The summed E-state index contributed by atoms with van der Waals surface area (Å²) in [6.45, 7) is 2.67. The van der Waals surface area contributed by atoms with E-state index in [2.05, 4.69) is 5.32 Å². The van der Waals surface area contributed by atoms with Gasteiger partial charge in [0, 0.05) is 6.54 Å². The quantitative estimate of drug-likeness (QED) is 0.694. The van der Waals surface area contributed by atoms with Crippen LogP contribution in [0.4, 0.5) is 4.79 Å². The van der Waals surface area contributed by atoms with Gasteiger partial charge in [-0.15, -0.1) is 0 Å². The van der Waals surface area contributed by atoms with Crippen molar-refractivity contribution in [1.82, 2.24) is 15.1 Å². The number of urea groups is 1. The van der Waals surface area contributed by atoms with Crippen LogP contribution in [0, 0.1) is 0 Å². The standard InChI is InChI=1S/C23H23N3O2/c1-23(20-13-12-18-10-6-7-11-19(18)14-20)21(27)26(22(28)24-23)16-25(2)15-17-8-4-3-5-9-17/h3-14H,15-16H2,1-2H3,(H,24,28)/t23-/m1/s1. The lowest BCUT2D eigenvalue weighted by Gasteiger charge is -2.25. The Kier molecular flexibility index (Phi) is 4.61. The Bertz CT molecular complexity index is 1030. The third kappa shape index (κ3) is 3.25. The van der Waals surface area contributed by atoms with E-state index in [9.17, 15) is 9.59 Å². The van der Waals surface area contributed by atoms with Crippen LogP contribution < -0.4 is 5.32 Å². The highest BCUT2D eigenvalue weighted by Crippen LogP contribution is 2.31. The topological polar surface area (TPSA) is 52.6 Å². The number of nitrogens with zero attached hydrogens (tertiary/aromatic N) is 2. The molecule has 3 amide bonds. The second kappa shape index (κ2) is 7.09. The number of carbonyl (C=O) groups excluding carboxylic acids is 2. The number of rotatable bonds is 5. The minimum atomic E-state index is -1.06. The third-order valence-corrected chi connectivity index (χ3v) is 5.28. The van der Waals surface area contributed by atoms with Crippen molar-refractivity contribution in [2.24, 2.45) is 0 Å². The van der Waals surface area contributed by atoms with E-state index in [1.165, 1.54) is 4.90 Å². The molecule has 5 heteroatoms. The molecular formula is C23H23N3O2. The summed E-state index contributed by atoms with van der Waals surface area (Å²) in [5.41, 5.74) is 0.862. The summed E-state index contributed by atoms with van der Waals surface area (Å²) in [7, 11) is 1.90. The normalized spacial score (nSPS) is 19.5. The molecule has 0 radical (unpaired) electrons. The Labute approximate surface area is 164 Å². The molecule has 1 aliphatic rings. The molecule has 3 aromatic carbocycles. The van der Waals surface area contributed by atoms with E-state index in [1.54, 1.807) is 6.92 Å². The number of carbonyl (C=O) groups is 2. The first-order valence-electron chi connectivity index (χ1n) is 9.33. The fourth-order valence-electron chi connectivity index (χ4n) is 3.71. The van der Waals surface area contributed by atoms with Crippen molar-refractivity contribution in [2.75, 3.05) is 13.7 Å². The van der Waals surface area contributed by atoms with Crippen LogP contribution in [0.3, 0.4) is 0 Å². The van der Waals surface area contributed by atoms with Gasteiger partial charge in [-0.3, -0.25) is 9.69 Å². The molecule has 28 heavy (non-hydrogen) atoms.